The van der Waals surface area contributed by atoms with E-state index in [1.807, 2.05) is 5.38 Å². The number of benzene rings is 1. The maximum Gasteiger partial charge on any atom is 0.329 e. The summed E-state index contributed by atoms with van der Waals surface area (Å²) in [5, 5.41) is 4.87. The van der Waals surface area contributed by atoms with E-state index in [0.29, 0.717) is 35.0 Å². The van der Waals surface area contributed by atoms with Crippen molar-refractivity contribution in [1.29, 1.82) is 0 Å². The summed E-state index contributed by atoms with van der Waals surface area (Å²) in [6.07, 6.45) is 1.22. The van der Waals surface area contributed by atoms with Gasteiger partial charge in [0.25, 0.3) is 11.8 Å². The molecule has 142 valence electrons. The lowest BCUT2D eigenvalue weighted by molar-refractivity contribution is -0.151. The predicted molar refractivity (Wildman–Crippen MR) is 104 cm³/mol. The van der Waals surface area contributed by atoms with Gasteiger partial charge in [0.1, 0.15) is 6.04 Å². The van der Waals surface area contributed by atoms with Gasteiger partial charge in [-0.15, -0.1) is 11.3 Å². The van der Waals surface area contributed by atoms with Crippen molar-refractivity contribution >= 4 is 58.0 Å². The third-order valence-corrected chi connectivity index (χ3v) is 5.77. The Morgan fingerprint density at radius 3 is 2.78 bits per heavy atom. The standard InChI is InChI=1S/C18H16Cl2N2O4S/c19-11-4-1-5-12(16(11)20)21-15(23)10-26-18(25)13-6-2-8-22(13)17(24)14-7-3-9-27-14/h1,3-5,7,9,13H,2,6,8,10H2,(H,21,23). The third-order valence-electron chi connectivity index (χ3n) is 4.09. The van der Waals surface area contributed by atoms with Gasteiger partial charge < -0.3 is 15.0 Å². The molecule has 2 aromatic rings. The molecule has 3 rings (SSSR count). The maximum atomic E-state index is 12.5. The second-order valence-corrected chi connectivity index (χ2v) is 7.62. The second kappa shape index (κ2) is 8.73. The number of ether oxygens (including phenoxy) is 1. The molecule has 0 bridgehead atoms. The van der Waals surface area contributed by atoms with Crippen LogP contribution < -0.4 is 5.32 Å². The zero-order chi connectivity index (χ0) is 19.4. The van der Waals surface area contributed by atoms with Crippen molar-refractivity contribution in [1.82, 2.24) is 4.90 Å². The molecule has 1 aliphatic heterocycles. The molecule has 1 atom stereocenters. The van der Waals surface area contributed by atoms with Crippen LogP contribution in [-0.4, -0.2) is 41.9 Å². The molecule has 1 aliphatic rings. The average molecular weight is 427 g/mol. The number of rotatable bonds is 5. The molecule has 1 aromatic heterocycles. The number of hydrogen-bond acceptors (Lipinski definition) is 5. The number of amides is 2. The number of carbonyl (C=O) groups excluding carboxylic acids is 3. The van der Waals surface area contributed by atoms with Crippen LogP contribution in [0.15, 0.2) is 35.7 Å². The molecule has 0 spiro atoms. The minimum absolute atomic E-state index is 0.195. The Bertz CT molecular complexity index is 857. The van der Waals surface area contributed by atoms with Crippen molar-refractivity contribution in [2.75, 3.05) is 18.5 Å². The van der Waals surface area contributed by atoms with E-state index in [1.165, 1.54) is 16.2 Å². The molecule has 1 fully saturated rings. The van der Waals surface area contributed by atoms with E-state index in [1.54, 1.807) is 30.3 Å². The summed E-state index contributed by atoms with van der Waals surface area (Å²) in [5.74, 6) is -1.33. The summed E-state index contributed by atoms with van der Waals surface area (Å²) in [6.45, 7) is 0.0139. The van der Waals surface area contributed by atoms with Gasteiger partial charge in [-0.05, 0) is 36.4 Å². The first-order chi connectivity index (χ1) is 13.0. The molecule has 0 saturated carbocycles. The second-order valence-electron chi connectivity index (χ2n) is 5.89. The van der Waals surface area contributed by atoms with Gasteiger partial charge in [-0.1, -0.05) is 35.3 Å². The fourth-order valence-corrected chi connectivity index (χ4v) is 3.84. The van der Waals surface area contributed by atoms with Crippen molar-refractivity contribution < 1.29 is 19.1 Å². The SMILES string of the molecule is O=C(COC(=O)C1CCCN1C(=O)c1cccs1)Nc1cccc(Cl)c1Cl. The van der Waals surface area contributed by atoms with E-state index in [-0.39, 0.29) is 10.9 Å². The Morgan fingerprint density at radius 1 is 1.22 bits per heavy atom. The normalized spacial score (nSPS) is 16.2. The number of anilines is 1. The molecule has 0 radical (unpaired) electrons. The Hall–Kier alpha value is -2.09. The molecular formula is C18H16Cl2N2O4S. The van der Waals surface area contributed by atoms with Crippen molar-refractivity contribution in [3.8, 4) is 0 Å². The van der Waals surface area contributed by atoms with E-state index in [9.17, 15) is 14.4 Å². The van der Waals surface area contributed by atoms with Crippen LogP contribution in [0.4, 0.5) is 5.69 Å². The topological polar surface area (TPSA) is 75.7 Å². The lowest BCUT2D eigenvalue weighted by atomic mass is 10.2. The number of nitrogens with zero attached hydrogens (tertiary/aromatic N) is 1. The summed E-state index contributed by atoms with van der Waals surface area (Å²) in [6, 6.07) is 7.65. The lowest BCUT2D eigenvalue weighted by Crippen LogP contribution is -2.41. The lowest BCUT2D eigenvalue weighted by Gasteiger charge is -2.22. The highest BCUT2D eigenvalue weighted by molar-refractivity contribution is 7.12. The summed E-state index contributed by atoms with van der Waals surface area (Å²) >= 11 is 13.2. The van der Waals surface area contributed by atoms with Crippen molar-refractivity contribution in [3.05, 3.63) is 50.6 Å². The van der Waals surface area contributed by atoms with E-state index in [4.69, 9.17) is 27.9 Å². The van der Waals surface area contributed by atoms with Gasteiger partial charge in [0.05, 0.1) is 20.6 Å². The first kappa shape index (κ1) is 19.7. The molecule has 2 amide bonds. The van der Waals surface area contributed by atoms with Crippen LogP contribution in [0.25, 0.3) is 0 Å². The molecule has 9 heteroatoms. The van der Waals surface area contributed by atoms with Crippen LogP contribution in [0.3, 0.4) is 0 Å². The number of esters is 1. The van der Waals surface area contributed by atoms with Crippen LogP contribution >= 0.6 is 34.5 Å². The van der Waals surface area contributed by atoms with Crippen LogP contribution in [0.5, 0.6) is 0 Å². The van der Waals surface area contributed by atoms with E-state index < -0.39 is 24.5 Å². The van der Waals surface area contributed by atoms with Crippen LogP contribution in [0.2, 0.25) is 10.0 Å². The zero-order valence-electron chi connectivity index (χ0n) is 14.1. The van der Waals surface area contributed by atoms with E-state index in [2.05, 4.69) is 5.32 Å². The Morgan fingerprint density at radius 2 is 2.04 bits per heavy atom. The molecular weight excluding hydrogens is 411 g/mol. The zero-order valence-corrected chi connectivity index (χ0v) is 16.4. The van der Waals surface area contributed by atoms with Crippen LogP contribution in [0, 0.1) is 0 Å². The quantitative estimate of drug-likeness (QED) is 0.736. The largest absolute Gasteiger partial charge is 0.454 e. The number of halogens is 2. The summed E-state index contributed by atoms with van der Waals surface area (Å²) in [4.78, 5) is 39.0. The summed E-state index contributed by atoms with van der Waals surface area (Å²) in [7, 11) is 0. The van der Waals surface area contributed by atoms with Crippen molar-refractivity contribution in [2.45, 2.75) is 18.9 Å². The highest BCUT2D eigenvalue weighted by Gasteiger charge is 2.36. The van der Waals surface area contributed by atoms with Gasteiger partial charge >= 0.3 is 5.97 Å². The van der Waals surface area contributed by atoms with Crippen LogP contribution in [-0.2, 0) is 14.3 Å². The Balaban J connectivity index is 1.56. The number of thiophene rings is 1. The summed E-state index contributed by atoms with van der Waals surface area (Å²) in [5.41, 5.74) is 0.334. The van der Waals surface area contributed by atoms with Gasteiger partial charge in [-0.3, -0.25) is 9.59 Å². The molecule has 1 unspecified atom stereocenters. The fourth-order valence-electron chi connectivity index (χ4n) is 2.82. The molecule has 1 aromatic carbocycles. The average Bonchev–Trinajstić information content (AvgIpc) is 3.34. The van der Waals surface area contributed by atoms with E-state index in [0.717, 1.165) is 0 Å². The first-order valence-corrected chi connectivity index (χ1v) is 9.86. The molecule has 2 heterocycles. The predicted octanol–water partition coefficient (Wildman–Crippen LogP) is 3.84. The van der Waals surface area contributed by atoms with Gasteiger partial charge in [0.15, 0.2) is 6.61 Å². The Kier molecular flexibility index (Phi) is 6.36. The molecule has 1 saturated heterocycles. The van der Waals surface area contributed by atoms with Gasteiger partial charge in [-0.2, -0.15) is 0 Å². The molecule has 0 aliphatic carbocycles. The fraction of sp³-hybridized carbons (Fsp3) is 0.278. The smallest absolute Gasteiger partial charge is 0.329 e. The highest BCUT2D eigenvalue weighted by atomic mass is 35.5. The molecule has 27 heavy (non-hydrogen) atoms. The molecule has 1 N–H and O–H groups in total. The van der Waals surface area contributed by atoms with Crippen LogP contribution in [0.1, 0.15) is 22.5 Å². The van der Waals surface area contributed by atoms with Gasteiger partial charge in [-0.25, -0.2) is 4.79 Å². The molecule has 6 nitrogen and oxygen atoms in total. The highest BCUT2D eigenvalue weighted by Crippen LogP contribution is 2.29. The third kappa shape index (κ3) is 4.61. The van der Waals surface area contributed by atoms with Gasteiger partial charge in [0, 0.05) is 6.54 Å². The summed E-state index contributed by atoms with van der Waals surface area (Å²) < 4.78 is 5.11. The van der Waals surface area contributed by atoms with Crippen molar-refractivity contribution in [3.63, 3.8) is 0 Å². The number of carbonyl (C=O) groups is 3. The number of nitrogens with one attached hydrogen (secondary N) is 1. The minimum Gasteiger partial charge on any atom is -0.454 e. The maximum absolute atomic E-state index is 12.5. The minimum atomic E-state index is -0.679. The first-order valence-electron chi connectivity index (χ1n) is 8.22. The van der Waals surface area contributed by atoms with Gasteiger partial charge in [0.2, 0.25) is 0 Å². The van der Waals surface area contributed by atoms with E-state index >= 15 is 0 Å². The number of hydrogen-bond donors (Lipinski definition) is 1. The Labute approximate surface area is 170 Å². The van der Waals surface area contributed by atoms with Crippen molar-refractivity contribution in [2.24, 2.45) is 0 Å². The monoisotopic (exact) mass is 426 g/mol. The number of likely N-dealkylation sites (tertiary alicyclic amines) is 1.